The van der Waals surface area contributed by atoms with Crippen molar-refractivity contribution in [2.24, 2.45) is 0 Å². The maximum atomic E-state index is 12.6. The zero-order chi connectivity index (χ0) is 20.6. The lowest BCUT2D eigenvalue weighted by atomic mass is 10.2. The molecule has 0 aliphatic carbocycles. The first kappa shape index (κ1) is 20.1. The summed E-state index contributed by atoms with van der Waals surface area (Å²) in [7, 11) is 3.15. The Morgan fingerprint density at radius 3 is 2.55 bits per heavy atom. The summed E-state index contributed by atoms with van der Waals surface area (Å²) in [5.74, 6) is 1.36. The van der Waals surface area contributed by atoms with Crippen LogP contribution in [0, 0.1) is 6.92 Å². The van der Waals surface area contributed by atoms with Crippen LogP contribution in [0.1, 0.15) is 27.3 Å². The van der Waals surface area contributed by atoms with Gasteiger partial charge in [0.1, 0.15) is 5.69 Å². The van der Waals surface area contributed by atoms with Crippen molar-refractivity contribution in [3.63, 3.8) is 0 Å². The fraction of sp³-hybridized carbons (Fsp3) is 0.238. The third-order valence-electron chi connectivity index (χ3n) is 4.16. The summed E-state index contributed by atoms with van der Waals surface area (Å²) in [6, 6.07) is 11.0. The monoisotopic (exact) mass is 393 g/mol. The van der Waals surface area contributed by atoms with Gasteiger partial charge in [-0.2, -0.15) is 0 Å². The van der Waals surface area contributed by atoms with Crippen LogP contribution in [0.4, 0.5) is 5.95 Å². The Kier molecular flexibility index (Phi) is 6.57. The van der Waals surface area contributed by atoms with Crippen molar-refractivity contribution < 1.29 is 14.3 Å². The molecule has 2 aromatic heterocycles. The van der Waals surface area contributed by atoms with Gasteiger partial charge in [0, 0.05) is 31.2 Å². The number of aromatic nitrogens is 3. The number of nitrogens with one attached hydrogen (secondary N) is 2. The number of rotatable bonds is 8. The molecule has 0 radical (unpaired) electrons. The minimum Gasteiger partial charge on any atom is -0.493 e. The van der Waals surface area contributed by atoms with Crippen LogP contribution >= 0.6 is 0 Å². The zero-order valence-electron chi connectivity index (χ0n) is 16.6. The van der Waals surface area contributed by atoms with Crippen LogP contribution in [-0.4, -0.2) is 35.1 Å². The molecule has 8 heteroatoms. The van der Waals surface area contributed by atoms with Crippen LogP contribution in [0.2, 0.25) is 0 Å². The minimum absolute atomic E-state index is 0.283. The van der Waals surface area contributed by atoms with Crippen LogP contribution in [0.5, 0.6) is 11.5 Å². The number of amides is 1. The van der Waals surface area contributed by atoms with Crippen LogP contribution in [0.3, 0.4) is 0 Å². The lowest BCUT2D eigenvalue weighted by molar-refractivity contribution is 0.0945. The van der Waals surface area contributed by atoms with Gasteiger partial charge in [-0.25, -0.2) is 9.97 Å². The molecule has 0 aliphatic heterocycles. The highest BCUT2D eigenvalue weighted by Crippen LogP contribution is 2.27. The number of anilines is 1. The molecular formula is C21H23N5O3. The minimum atomic E-state index is -0.283. The summed E-state index contributed by atoms with van der Waals surface area (Å²) in [6.07, 6.45) is 3.48. The van der Waals surface area contributed by atoms with E-state index in [9.17, 15) is 4.79 Å². The molecule has 0 atom stereocenters. The van der Waals surface area contributed by atoms with E-state index in [1.165, 1.54) is 0 Å². The van der Waals surface area contributed by atoms with E-state index in [4.69, 9.17) is 9.47 Å². The summed E-state index contributed by atoms with van der Waals surface area (Å²) in [4.78, 5) is 25.3. The highest BCUT2D eigenvalue weighted by Gasteiger charge is 2.11. The van der Waals surface area contributed by atoms with Crippen molar-refractivity contribution in [2.75, 3.05) is 19.5 Å². The molecule has 29 heavy (non-hydrogen) atoms. The second kappa shape index (κ2) is 9.50. The quantitative estimate of drug-likeness (QED) is 0.607. The molecule has 0 bridgehead atoms. The Labute approximate surface area is 169 Å². The number of hydrogen-bond donors (Lipinski definition) is 2. The second-order valence-electron chi connectivity index (χ2n) is 6.31. The summed E-state index contributed by atoms with van der Waals surface area (Å²) in [5, 5.41) is 5.99. The summed E-state index contributed by atoms with van der Waals surface area (Å²) in [6.45, 7) is 2.67. The van der Waals surface area contributed by atoms with Gasteiger partial charge in [0.2, 0.25) is 5.95 Å². The molecule has 1 aromatic carbocycles. The fourth-order valence-corrected chi connectivity index (χ4v) is 2.71. The van der Waals surface area contributed by atoms with E-state index in [-0.39, 0.29) is 5.91 Å². The molecule has 0 saturated heterocycles. The summed E-state index contributed by atoms with van der Waals surface area (Å²) < 4.78 is 10.5. The third-order valence-corrected chi connectivity index (χ3v) is 4.16. The normalized spacial score (nSPS) is 10.3. The van der Waals surface area contributed by atoms with E-state index in [0.717, 1.165) is 11.1 Å². The number of hydrogen-bond acceptors (Lipinski definition) is 7. The number of carbonyl (C=O) groups is 1. The van der Waals surface area contributed by atoms with Crippen LogP contribution in [0.15, 0.2) is 48.8 Å². The van der Waals surface area contributed by atoms with Gasteiger partial charge < -0.3 is 20.1 Å². The van der Waals surface area contributed by atoms with E-state index in [2.05, 4.69) is 25.6 Å². The SMILES string of the molecule is COc1ccc(CNC(=O)c2cc(C)nc(NCc3cccnc3)n2)cc1OC. The van der Waals surface area contributed by atoms with Gasteiger partial charge in [0.05, 0.1) is 14.2 Å². The van der Waals surface area contributed by atoms with Crippen molar-refractivity contribution in [1.29, 1.82) is 0 Å². The Hall–Kier alpha value is -3.68. The van der Waals surface area contributed by atoms with Gasteiger partial charge in [-0.1, -0.05) is 12.1 Å². The standard InChI is InChI=1S/C21H23N5O3/c1-14-9-17(26-21(25-14)24-13-16-5-4-8-22-11-16)20(27)23-12-15-6-7-18(28-2)19(10-15)29-3/h4-11H,12-13H2,1-3H3,(H,23,27)(H,24,25,26). The first-order valence-electron chi connectivity index (χ1n) is 9.06. The maximum Gasteiger partial charge on any atom is 0.270 e. The first-order valence-corrected chi connectivity index (χ1v) is 9.06. The fourth-order valence-electron chi connectivity index (χ4n) is 2.71. The van der Waals surface area contributed by atoms with Crippen molar-refractivity contribution in [2.45, 2.75) is 20.0 Å². The van der Waals surface area contributed by atoms with Gasteiger partial charge in [-0.05, 0) is 42.3 Å². The van der Waals surface area contributed by atoms with Crippen molar-refractivity contribution >= 4 is 11.9 Å². The molecule has 0 unspecified atom stereocenters. The van der Waals surface area contributed by atoms with Crippen LogP contribution in [-0.2, 0) is 13.1 Å². The summed E-state index contributed by atoms with van der Waals surface area (Å²) >= 11 is 0. The number of benzene rings is 1. The van der Waals surface area contributed by atoms with Gasteiger partial charge >= 0.3 is 0 Å². The number of pyridine rings is 1. The van der Waals surface area contributed by atoms with Crippen molar-refractivity contribution in [3.05, 3.63) is 71.3 Å². The maximum absolute atomic E-state index is 12.6. The van der Waals surface area contributed by atoms with E-state index >= 15 is 0 Å². The Bertz CT molecular complexity index is 979. The lowest BCUT2D eigenvalue weighted by Gasteiger charge is -2.11. The van der Waals surface area contributed by atoms with Crippen molar-refractivity contribution in [3.8, 4) is 11.5 Å². The lowest BCUT2D eigenvalue weighted by Crippen LogP contribution is -2.24. The summed E-state index contributed by atoms with van der Waals surface area (Å²) in [5.41, 5.74) is 2.88. The smallest absolute Gasteiger partial charge is 0.270 e. The van der Waals surface area contributed by atoms with Crippen LogP contribution in [0.25, 0.3) is 0 Å². The predicted molar refractivity (Wildman–Crippen MR) is 109 cm³/mol. The van der Waals surface area contributed by atoms with Gasteiger partial charge in [-0.15, -0.1) is 0 Å². The third kappa shape index (κ3) is 5.41. The van der Waals surface area contributed by atoms with Crippen molar-refractivity contribution in [1.82, 2.24) is 20.3 Å². The average molecular weight is 393 g/mol. The molecular weight excluding hydrogens is 370 g/mol. The van der Waals surface area contributed by atoms with E-state index in [1.54, 1.807) is 38.7 Å². The van der Waals surface area contributed by atoms with E-state index in [1.807, 2.05) is 31.2 Å². The molecule has 150 valence electrons. The molecule has 0 fully saturated rings. The second-order valence-corrected chi connectivity index (χ2v) is 6.31. The average Bonchev–Trinajstić information content (AvgIpc) is 2.76. The molecule has 1 amide bonds. The molecule has 3 aromatic rings. The Balaban J connectivity index is 1.65. The molecule has 0 spiro atoms. The topological polar surface area (TPSA) is 98.3 Å². The number of aryl methyl sites for hydroxylation is 1. The largest absolute Gasteiger partial charge is 0.493 e. The molecule has 2 heterocycles. The molecule has 8 nitrogen and oxygen atoms in total. The molecule has 2 N–H and O–H groups in total. The Morgan fingerprint density at radius 1 is 1.00 bits per heavy atom. The Morgan fingerprint density at radius 2 is 1.83 bits per heavy atom. The van der Waals surface area contributed by atoms with Gasteiger partial charge in [0.15, 0.2) is 11.5 Å². The van der Waals surface area contributed by atoms with Gasteiger partial charge in [0.25, 0.3) is 5.91 Å². The number of ether oxygens (including phenoxy) is 2. The zero-order valence-corrected chi connectivity index (χ0v) is 16.6. The highest BCUT2D eigenvalue weighted by molar-refractivity contribution is 5.92. The number of methoxy groups -OCH3 is 2. The van der Waals surface area contributed by atoms with Gasteiger partial charge in [-0.3, -0.25) is 9.78 Å². The number of carbonyl (C=O) groups excluding carboxylic acids is 1. The van der Waals surface area contributed by atoms with E-state index in [0.29, 0.717) is 41.9 Å². The molecule has 3 rings (SSSR count). The van der Waals surface area contributed by atoms with E-state index < -0.39 is 0 Å². The molecule has 0 aliphatic rings. The number of nitrogens with zero attached hydrogens (tertiary/aromatic N) is 3. The molecule has 0 saturated carbocycles. The van der Waals surface area contributed by atoms with Crippen LogP contribution < -0.4 is 20.1 Å². The predicted octanol–water partition coefficient (Wildman–Crippen LogP) is 2.74. The highest BCUT2D eigenvalue weighted by atomic mass is 16.5. The first-order chi connectivity index (χ1) is 14.1.